The highest BCUT2D eigenvalue weighted by Crippen LogP contribution is 2.29. The molecule has 1 aliphatic heterocycles. The Morgan fingerprint density at radius 3 is 2.35 bits per heavy atom. The largest absolute Gasteiger partial charge is 0.465 e. The van der Waals surface area contributed by atoms with E-state index in [2.05, 4.69) is 12.0 Å². The Labute approximate surface area is 151 Å². The molecule has 1 fully saturated rings. The van der Waals surface area contributed by atoms with Gasteiger partial charge in [-0.2, -0.15) is 18.2 Å². The molecule has 8 heteroatoms. The smallest absolute Gasteiger partial charge is 0.416 e. The van der Waals surface area contributed by atoms with Crippen molar-refractivity contribution in [1.82, 2.24) is 4.90 Å². The van der Waals surface area contributed by atoms with Gasteiger partial charge in [-0.05, 0) is 31.2 Å². The van der Waals surface area contributed by atoms with Gasteiger partial charge >= 0.3 is 6.18 Å². The summed E-state index contributed by atoms with van der Waals surface area (Å²) in [5, 5.41) is 0. The number of alkyl halides is 3. The minimum Gasteiger partial charge on any atom is -0.465 e. The zero-order valence-electron chi connectivity index (χ0n) is 15.3. The fourth-order valence-electron chi connectivity index (χ4n) is 2.93. The maximum atomic E-state index is 12.6. The zero-order chi connectivity index (χ0) is 19.3. The number of carbonyl (C=O) groups excluding carboxylic acids is 1. The van der Waals surface area contributed by atoms with Crippen molar-refractivity contribution >= 4 is 11.9 Å². The average molecular weight is 372 g/mol. The number of hydrogen-bond acceptors (Lipinski definition) is 2. The normalized spacial score (nSPS) is 21.4. The van der Waals surface area contributed by atoms with Crippen LogP contribution >= 0.6 is 0 Å². The number of quaternary nitrogens is 1. The summed E-state index contributed by atoms with van der Waals surface area (Å²) in [5.74, 6) is -0.618. The standard InChI is InChI=1S/C18H24F3N3O2/c1-4-26-17(24(3)15-9-11-23(2)12-10-15)22-16(25)13-5-7-14(8-6-13)18(19,20)21/h5-8,15H,4,9-12H2,1-3H3/p+1. The Bertz CT molecular complexity index is 636. The van der Waals surface area contributed by atoms with E-state index in [1.165, 1.54) is 4.90 Å². The van der Waals surface area contributed by atoms with E-state index >= 15 is 0 Å². The lowest BCUT2D eigenvalue weighted by Gasteiger charge is -2.34. The lowest BCUT2D eigenvalue weighted by Crippen LogP contribution is -3.10. The molecule has 0 aromatic heterocycles. The number of ether oxygens (including phenoxy) is 1. The quantitative estimate of drug-likeness (QED) is 0.651. The van der Waals surface area contributed by atoms with Gasteiger partial charge in [-0.15, -0.1) is 0 Å². The van der Waals surface area contributed by atoms with Crippen molar-refractivity contribution in [3.8, 4) is 0 Å². The van der Waals surface area contributed by atoms with Crippen LogP contribution in [0.3, 0.4) is 0 Å². The van der Waals surface area contributed by atoms with Crippen LogP contribution in [-0.2, 0) is 10.9 Å². The summed E-state index contributed by atoms with van der Waals surface area (Å²) in [5.41, 5.74) is -0.703. The van der Waals surface area contributed by atoms with Gasteiger partial charge in [0.1, 0.15) is 0 Å². The molecule has 0 atom stereocenters. The molecule has 0 bridgehead atoms. The van der Waals surface area contributed by atoms with Crippen LogP contribution in [0, 0.1) is 0 Å². The number of benzene rings is 1. The second-order valence-electron chi connectivity index (χ2n) is 6.51. The highest BCUT2D eigenvalue weighted by molar-refractivity contribution is 6.01. The molecular formula is C18H25F3N3O2+. The fraction of sp³-hybridized carbons (Fsp3) is 0.556. The van der Waals surface area contributed by atoms with E-state index in [1.807, 2.05) is 11.9 Å². The maximum absolute atomic E-state index is 12.6. The predicted octanol–water partition coefficient (Wildman–Crippen LogP) is 1.85. The number of amidine groups is 1. The van der Waals surface area contributed by atoms with E-state index < -0.39 is 17.6 Å². The molecule has 0 radical (unpaired) electrons. The molecule has 1 amide bonds. The van der Waals surface area contributed by atoms with Gasteiger partial charge in [-0.1, -0.05) is 0 Å². The lowest BCUT2D eigenvalue weighted by atomic mass is 10.0. The van der Waals surface area contributed by atoms with Crippen LogP contribution in [0.4, 0.5) is 13.2 Å². The molecule has 1 aliphatic rings. The van der Waals surface area contributed by atoms with E-state index in [1.54, 1.807) is 6.92 Å². The van der Waals surface area contributed by atoms with Crippen LogP contribution in [0.1, 0.15) is 35.7 Å². The Hall–Kier alpha value is -2.09. The molecule has 2 rings (SSSR count). The molecule has 5 nitrogen and oxygen atoms in total. The van der Waals surface area contributed by atoms with Crippen LogP contribution in [0.15, 0.2) is 29.3 Å². The fourth-order valence-corrected chi connectivity index (χ4v) is 2.93. The monoisotopic (exact) mass is 372 g/mol. The summed E-state index contributed by atoms with van der Waals surface area (Å²) >= 11 is 0. The number of amides is 1. The van der Waals surface area contributed by atoms with E-state index in [0.29, 0.717) is 6.61 Å². The average Bonchev–Trinajstić information content (AvgIpc) is 2.60. The van der Waals surface area contributed by atoms with E-state index in [4.69, 9.17) is 4.74 Å². The number of likely N-dealkylation sites (tertiary alicyclic amines) is 1. The highest BCUT2D eigenvalue weighted by Gasteiger charge is 2.30. The van der Waals surface area contributed by atoms with Crippen molar-refractivity contribution in [2.24, 2.45) is 4.99 Å². The van der Waals surface area contributed by atoms with Crippen LogP contribution < -0.4 is 4.90 Å². The summed E-state index contributed by atoms with van der Waals surface area (Å²) in [6, 6.07) is 4.47. The third kappa shape index (κ3) is 5.20. The number of piperidine rings is 1. The molecule has 0 unspecified atom stereocenters. The number of nitrogens with zero attached hydrogens (tertiary/aromatic N) is 2. The number of halogens is 3. The Morgan fingerprint density at radius 1 is 1.27 bits per heavy atom. The number of hydrogen-bond donors (Lipinski definition) is 1. The van der Waals surface area contributed by atoms with E-state index in [9.17, 15) is 18.0 Å². The third-order valence-electron chi connectivity index (χ3n) is 4.59. The van der Waals surface area contributed by atoms with Gasteiger partial charge in [0.05, 0.1) is 32.3 Å². The Balaban J connectivity index is 2.15. The van der Waals surface area contributed by atoms with Gasteiger partial charge in [0, 0.05) is 31.5 Å². The minimum atomic E-state index is -4.43. The zero-order valence-corrected chi connectivity index (χ0v) is 15.3. The van der Waals surface area contributed by atoms with Crippen molar-refractivity contribution < 1.29 is 27.6 Å². The first kappa shape index (κ1) is 20.2. The first-order valence-electron chi connectivity index (χ1n) is 8.69. The van der Waals surface area contributed by atoms with Crippen LogP contribution in [0.5, 0.6) is 0 Å². The minimum absolute atomic E-state index is 0.0939. The summed E-state index contributed by atoms with van der Waals surface area (Å²) in [4.78, 5) is 19.7. The van der Waals surface area contributed by atoms with Gasteiger partial charge in [-0.3, -0.25) is 4.79 Å². The Kier molecular flexibility index (Phi) is 6.63. The molecule has 1 heterocycles. The van der Waals surface area contributed by atoms with E-state index in [-0.39, 0.29) is 17.6 Å². The van der Waals surface area contributed by atoms with Gasteiger partial charge in [0.2, 0.25) is 0 Å². The van der Waals surface area contributed by atoms with Crippen molar-refractivity contribution in [1.29, 1.82) is 0 Å². The van der Waals surface area contributed by atoms with Gasteiger partial charge in [0.25, 0.3) is 11.9 Å². The van der Waals surface area contributed by atoms with Crippen LogP contribution in [-0.4, -0.2) is 56.7 Å². The number of carbonyl (C=O) groups is 1. The van der Waals surface area contributed by atoms with Crippen LogP contribution in [0.25, 0.3) is 0 Å². The molecule has 1 aromatic carbocycles. The number of aliphatic imine (C=N–C) groups is 1. The SMILES string of the molecule is CCOC(=NC(=O)c1ccc(C(F)(F)F)cc1)N(C)C1CC[NH+](C)CC1. The summed E-state index contributed by atoms with van der Waals surface area (Å²) in [6.45, 7) is 4.20. The molecule has 1 aromatic rings. The highest BCUT2D eigenvalue weighted by atomic mass is 19.4. The third-order valence-corrected chi connectivity index (χ3v) is 4.59. The molecule has 0 spiro atoms. The lowest BCUT2D eigenvalue weighted by molar-refractivity contribution is -0.885. The number of rotatable bonds is 3. The van der Waals surface area contributed by atoms with Crippen molar-refractivity contribution in [3.63, 3.8) is 0 Å². The van der Waals surface area contributed by atoms with E-state index in [0.717, 1.165) is 50.2 Å². The summed E-state index contributed by atoms with van der Waals surface area (Å²) in [6.07, 6.45) is -2.51. The summed E-state index contributed by atoms with van der Waals surface area (Å²) < 4.78 is 43.4. The second-order valence-corrected chi connectivity index (χ2v) is 6.51. The Morgan fingerprint density at radius 2 is 1.85 bits per heavy atom. The molecule has 1 N–H and O–H groups in total. The van der Waals surface area contributed by atoms with Gasteiger partial charge in [-0.25, -0.2) is 0 Å². The molecular weight excluding hydrogens is 347 g/mol. The van der Waals surface area contributed by atoms with Crippen molar-refractivity contribution in [3.05, 3.63) is 35.4 Å². The molecule has 26 heavy (non-hydrogen) atoms. The second kappa shape index (κ2) is 8.53. The van der Waals surface area contributed by atoms with Crippen molar-refractivity contribution in [2.75, 3.05) is 33.8 Å². The first-order valence-corrected chi connectivity index (χ1v) is 8.69. The summed E-state index contributed by atoms with van der Waals surface area (Å²) in [7, 11) is 3.97. The van der Waals surface area contributed by atoms with Gasteiger partial charge in [0.15, 0.2) is 0 Å². The van der Waals surface area contributed by atoms with Gasteiger partial charge < -0.3 is 14.5 Å². The predicted molar refractivity (Wildman–Crippen MR) is 92.2 cm³/mol. The van der Waals surface area contributed by atoms with Crippen LogP contribution in [0.2, 0.25) is 0 Å². The topological polar surface area (TPSA) is 46.3 Å². The maximum Gasteiger partial charge on any atom is 0.416 e. The molecule has 1 saturated heterocycles. The number of nitrogens with one attached hydrogen (secondary N) is 1. The molecule has 0 saturated carbocycles. The molecule has 0 aliphatic carbocycles. The molecule has 144 valence electrons. The first-order chi connectivity index (χ1) is 12.2. The van der Waals surface area contributed by atoms with Crippen molar-refractivity contribution in [2.45, 2.75) is 32.0 Å².